The van der Waals surface area contributed by atoms with Crippen molar-refractivity contribution in [3.05, 3.63) is 29.3 Å². The zero-order chi connectivity index (χ0) is 25.3. The molecule has 0 aliphatic carbocycles. The first-order valence-corrected chi connectivity index (χ1v) is 11.7. The summed E-state index contributed by atoms with van der Waals surface area (Å²) in [7, 11) is 1.54. The number of carbonyl (C=O) groups excluding carboxylic acids is 4. The van der Waals surface area contributed by atoms with E-state index in [9.17, 15) is 19.2 Å². The summed E-state index contributed by atoms with van der Waals surface area (Å²) in [5.41, 5.74) is 2.22. The summed E-state index contributed by atoms with van der Waals surface area (Å²) >= 11 is 0. The SMILES string of the molecule is CNC(=O)CCC(C=O)N1Cc2c(NCCOCCOCCOCCOCC=O)cccc2C1=O. The highest BCUT2D eigenvalue weighted by Gasteiger charge is 2.34. The number of aldehydes is 2. The minimum Gasteiger partial charge on any atom is -0.382 e. The Morgan fingerprint density at radius 3 is 2.31 bits per heavy atom. The Kier molecular flexibility index (Phi) is 13.6. The van der Waals surface area contributed by atoms with Gasteiger partial charge in [0.1, 0.15) is 19.2 Å². The van der Waals surface area contributed by atoms with E-state index in [1.807, 2.05) is 6.07 Å². The van der Waals surface area contributed by atoms with E-state index in [1.165, 1.54) is 11.9 Å². The molecule has 0 saturated carbocycles. The summed E-state index contributed by atoms with van der Waals surface area (Å²) in [4.78, 5) is 47.6. The monoisotopic (exact) mass is 493 g/mol. The fourth-order valence-electron chi connectivity index (χ4n) is 3.54. The summed E-state index contributed by atoms with van der Waals surface area (Å²) in [6, 6.07) is 4.79. The van der Waals surface area contributed by atoms with E-state index in [-0.39, 0.29) is 31.3 Å². The second-order valence-corrected chi connectivity index (χ2v) is 7.69. The Bertz CT molecular complexity index is 820. The van der Waals surface area contributed by atoms with E-state index in [0.29, 0.717) is 71.2 Å². The number of hydrogen-bond acceptors (Lipinski definition) is 9. The van der Waals surface area contributed by atoms with Crippen molar-refractivity contribution >= 4 is 30.1 Å². The average Bonchev–Trinajstić information content (AvgIpc) is 3.21. The number of benzene rings is 1. The molecule has 2 amide bonds. The Hall–Kier alpha value is -2.86. The molecular weight excluding hydrogens is 458 g/mol. The first-order valence-electron chi connectivity index (χ1n) is 11.7. The summed E-state index contributed by atoms with van der Waals surface area (Å²) < 4.78 is 21.2. The largest absolute Gasteiger partial charge is 0.382 e. The predicted molar refractivity (Wildman–Crippen MR) is 127 cm³/mol. The highest BCUT2D eigenvalue weighted by atomic mass is 16.6. The van der Waals surface area contributed by atoms with Crippen molar-refractivity contribution in [2.75, 3.05) is 71.8 Å². The molecule has 1 aliphatic heterocycles. The zero-order valence-corrected chi connectivity index (χ0v) is 20.2. The van der Waals surface area contributed by atoms with Crippen LogP contribution >= 0.6 is 0 Å². The summed E-state index contributed by atoms with van der Waals surface area (Å²) in [6.07, 6.45) is 1.88. The van der Waals surface area contributed by atoms with Gasteiger partial charge in [-0.2, -0.15) is 0 Å². The van der Waals surface area contributed by atoms with Crippen molar-refractivity contribution in [1.29, 1.82) is 0 Å². The Balaban J connectivity index is 1.64. The second-order valence-electron chi connectivity index (χ2n) is 7.69. The fraction of sp³-hybridized carbons (Fsp3) is 0.583. The van der Waals surface area contributed by atoms with Crippen molar-refractivity contribution in [2.24, 2.45) is 0 Å². The Labute approximate surface area is 205 Å². The van der Waals surface area contributed by atoms with Crippen LogP contribution in [0.2, 0.25) is 0 Å². The molecule has 2 rings (SSSR count). The normalized spacial score (nSPS) is 13.4. The number of nitrogens with zero attached hydrogens (tertiary/aromatic N) is 1. The molecule has 1 heterocycles. The van der Waals surface area contributed by atoms with Crippen LogP contribution in [0.5, 0.6) is 0 Å². The lowest BCUT2D eigenvalue weighted by Gasteiger charge is -2.22. The van der Waals surface area contributed by atoms with Crippen molar-refractivity contribution in [1.82, 2.24) is 10.2 Å². The van der Waals surface area contributed by atoms with Gasteiger partial charge in [0.15, 0.2) is 0 Å². The van der Waals surface area contributed by atoms with Crippen LogP contribution in [-0.2, 0) is 39.9 Å². The highest BCUT2D eigenvalue weighted by Crippen LogP contribution is 2.31. The fourth-order valence-corrected chi connectivity index (χ4v) is 3.54. The minimum absolute atomic E-state index is 0.0798. The maximum absolute atomic E-state index is 12.8. The zero-order valence-electron chi connectivity index (χ0n) is 20.2. The van der Waals surface area contributed by atoms with Gasteiger partial charge in [-0.25, -0.2) is 0 Å². The molecule has 2 N–H and O–H groups in total. The van der Waals surface area contributed by atoms with E-state index >= 15 is 0 Å². The maximum atomic E-state index is 12.8. The molecule has 0 fully saturated rings. The molecule has 1 atom stereocenters. The van der Waals surface area contributed by atoms with Gasteiger partial charge in [0, 0.05) is 43.4 Å². The van der Waals surface area contributed by atoms with Gasteiger partial charge >= 0.3 is 0 Å². The van der Waals surface area contributed by atoms with Crippen LogP contribution in [0, 0.1) is 0 Å². The Morgan fingerprint density at radius 1 is 1.03 bits per heavy atom. The van der Waals surface area contributed by atoms with Gasteiger partial charge in [0.25, 0.3) is 5.91 Å². The first-order chi connectivity index (χ1) is 17.1. The molecule has 0 aromatic heterocycles. The van der Waals surface area contributed by atoms with Crippen LogP contribution in [0.1, 0.15) is 28.8 Å². The van der Waals surface area contributed by atoms with Crippen LogP contribution in [0.3, 0.4) is 0 Å². The lowest BCUT2D eigenvalue weighted by molar-refractivity contribution is -0.121. The number of rotatable bonds is 20. The number of hydrogen-bond donors (Lipinski definition) is 2. The number of ether oxygens (including phenoxy) is 4. The van der Waals surface area contributed by atoms with E-state index in [4.69, 9.17) is 18.9 Å². The number of fused-ring (bicyclic) bond motifs is 1. The predicted octanol–water partition coefficient (Wildman–Crippen LogP) is 0.413. The molecule has 0 bridgehead atoms. The molecule has 35 heavy (non-hydrogen) atoms. The lowest BCUT2D eigenvalue weighted by atomic mass is 10.1. The quantitative estimate of drug-likeness (QED) is 0.196. The van der Waals surface area contributed by atoms with Crippen LogP contribution in [0.25, 0.3) is 0 Å². The van der Waals surface area contributed by atoms with Crippen molar-refractivity contribution in [3.63, 3.8) is 0 Å². The first kappa shape index (κ1) is 28.4. The van der Waals surface area contributed by atoms with Gasteiger partial charge in [-0.1, -0.05) is 6.07 Å². The van der Waals surface area contributed by atoms with E-state index in [0.717, 1.165) is 17.5 Å². The molecular formula is C24H35N3O8. The number of anilines is 1. The van der Waals surface area contributed by atoms with E-state index in [2.05, 4.69) is 10.6 Å². The third-order valence-corrected chi connectivity index (χ3v) is 5.36. The molecule has 1 aromatic rings. The second kappa shape index (κ2) is 16.7. The summed E-state index contributed by atoms with van der Waals surface area (Å²) in [5.74, 6) is -0.372. The smallest absolute Gasteiger partial charge is 0.255 e. The molecule has 11 heteroatoms. The van der Waals surface area contributed by atoms with Crippen molar-refractivity contribution in [2.45, 2.75) is 25.4 Å². The summed E-state index contributed by atoms with van der Waals surface area (Å²) in [6.45, 7) is 3.96. The van der Waals surface area contributed by atoms with Crippen LogP contribution in [0.4, 0.5) is 5.69 Å². The third-order valence-electron chi connectivity index (χ3n) is 5.36. The standard InChI is InChI=1S/C24H35N3O8/c1-25-23(30)6-5-19(18-29)27-17-21-20(24(27)31)3-2-4-22(21)26-7-9-32-11-13-34-15-16-35-14-12-33-10-8-28/h2-4,8,18-19,26H,5-7,9-17H2,1H3,(H,25,30). The van der Waals surface area contributed by atoms with Gasteiger partial charge in [-0.15, -0.1) is 0 Å². The topological polar surface area (TPSA) is 132 Å². The molecule has 11 nitrogen and oxygen atoms in total. The highest BCUT2D eigenvalue weighted by molar-refractivity contribution is 6.01. The molecule has 0 saturated heterocycles. The number of nitrogens with one attached hydrogen (secondary N) is 2. The van der Waals surface area contributed by atoms with Crippen LogP contribution < -0.4 is 10.6 Å². The van der Waals surface area contributed by atoms with Crippen molar-refractivity contribution < 1.29 is 38.1 Å². The van der Waals surface area contributed by atoms with Gasteiger partial charge in [-0.05, 0) is 18.6 Å². The van der Waals surface area contributed by atoms with E-state index in [1.54, 1.807) is 12.1 Å². The van der Waals surface area contributed by atoms with Gasteiger partial charge < -0.3 is 44.1 Å². The molecule has 1 aromatic carbocycles. The van der Waals surface area contributed by atoms with E-state index < -0.39 is 6.04 Å². The van der Waals surface area contributed by atoms with Crippen LogP contribution in [0.15, 0.2) is 18.2 Å². The van der Waals surface area contributed by atoms with Gasteiger partial charge in [-0.3, -0.25) is 9.59 Å². The maximum Gasteiger partial charge on any atom is 0.255 e. The van der Waals surface area contributed by atoms with Crippen molar-refractivity contribution in [3.8, 4) is 0 Å². The summed E-state index contributed by atoms with van der Waals surface area (Å²) in [5, 5.41) is 5.82. The molecule has 194 valence electrons. The lowest BCUT2D eigenvalue weighted by Crippen LogP contribution is -2.37. The van der Waals surface area contributed by atoms with Gasteiger partial charge in [0.05, 0.1) is 52.3 Å². The number of carbonyl (C=O) groups is 4. The Morgan fingerprint density at radius 2 is 1.69 bits per heavy atom. The average molecular weight is 494 g/mol. The molecule has 1 unspecified atom stereocenters. The number of amides is 2. The van der Waals surface area contributed by atoms with Gasteiger partial charge in [0.2, 0.25) is 5.91 Å². The third kappa shape index (κ3) is 9.73. The molecule has 0 spiro atoms. The minimum atomic E-state index is -0.649. The molecule has 1 aliphatic rings. The molecule has 0 radical (unpaired) electrons. The van der Waals surface area contributed by atoms with Crippen LogP contribution in [-0.4, -0.2) is 102 Å².